The molecule has 1 heterocycles. The highest BCUT2D eigenvalue weighted by Gasteiger charge is 2.38. The second-order valence-electron chi connectivity index (χ2n) is 5.40. The molecule has 1 saturated carbocycles. The Balaban J connectivity index is 1.73. The van der Waals surface area contributed by atoms with E-state index in [1.165, 1.54) is 10.2 Å². The minimum atomic E-state index is -0.0706. The molecule has 1 N–H and O–H groups in total. The van der Waals surface area contributed by atoms with Crippen LogP contribution in [0, 0.1) is 0 Å². The van der Waals surface area contributed by atoms with E-state index >= 15 is 0 Å². The normalized spacial score (nSPS) is 20.3. The minimum Gasteiger partial charge on any atom is -0.379 e. The summed E-state index contributed by atoms with van der Waals surface area (Å²) < 4.78 is 2.07. The molecule has 5 heteroatoms. The van der Waals surface area contributed by atoms with E-state index in [9.17, 15) is 4.79 Å². The maximum absolute atomic E-state index is 12.1. The van der Waals surface area contributed by atoms with Gasteiger partial charge in [0.15, 0.2) is 0 Å². The molecular formula is C16H18BrN3O. The van der Waals surface area contributed by atoms with Crippen LogP contribution in [0.25, 0.3) is 0 Å². The maximum atomic E-state index is 12.1. The Labute approximate surface area is 132 Å². The first-order valence-electron chi connectivity index (χ1n) is 7.27. The molecule has 0 spiro atoms. The summed E-state index contributed by atoms with van der Waals surface area (Å²) >= 11 is 3.40. The largest absolute Gasteiger partial charge is 0.379 e. The molecule has 0 amide bonds. The SMILES string of the molecule is CCCn1ncc(NC2CC2c2ccccc2)c(Br)c1=O. The third-order valence-electron chi connectivity index (χ3n) is 3.78. The summed E-state index contributed by atoms with van der Waals surface area (Å²) in [5.74, 6) is 0.524. The Kier molecular flexibility index (Phi) is 4.10. The van der Waals surface area contributed by atoms with Gasteiger partial charge in [-0.3, -0.25) is 4.79 Å². The van der Waals surface area contributed by atoms with E-state index in [1.54, 1.807) is 6.20 Å². The predicted octanol–water partition coefficient (Wildman–Crippen LogP) is 3.38. The molecule has 1 aromatic heterocycles. The Hall–Kier alpha value is -1.62. The van der Waals surface area contributed by atoms with Gasteiger partial charge in [0.25, 0.3) is 5.56 Å². The topological polar surface area (TPSA) is 46.9 Å². The molecule has 4 nitrogen and oxygen atoms in total. The molecule has 0 saturated heterocycles. The van der Waals surface area contributed by atoms with Crippen molar-refractivity contribution in [3.05, 3.63) is 56.9 Å². The van der Waals surface area contributed by atoms with Gasteiger partial charge in [-0.15, -0.1) is 0 Å². The van der Waals surface area contributed by atoms with Gasteiger partial charge < -0.3 is 5.32 Å². The monoisotopic (exact) mass is 347 g/mol. The fourth-order valence-electron chi connectivity index (χ4n) is 2.56. The number of nitrogens with zero attached hydrogens (tertiary/aromatic N) is 2. The molecule has 1 aliphatic rings. The number of anilines is 1. The van der Waals surface area contributed by atoms with Gasteiger partial charge in [-0.05, 0) is 34.3 Å². The zero-order valence-electron chi connectivity index (χ0n) is 11.9. The van der Waals surface area contributed by atoms with Crippen LogP contribution in [-0.4, -0.2) is 15.8 Å². The Morgan fingerprint density at radius 1 is 1.38 bits per heavy atom. The summed E-state index contributed by atoms with van der Waals surface area (Å²) in [6.45, 7) is 2.68. The highest BCUT2D eigenvalue weighted by Crippen LogP contribution is 2.43. The van der Waals surface area contributed by atoms with Gasteiger partial charge in [0.1, 0.15) is 4.47 Å². The van der Waals surface area contributed by atoms with Crippen LogP contribution in [0.5, 0.6) is 0 Å². The van der Waals surface area contributed by atoms with Crippen LogP contribution >= 0.6 is 15.9 Å². The van der Waals surface area contributed by atoms with Crippen LogP contribution in [0.15, 0.2) is 45.8 Å². The molecule has 110 valence electrons. The van der Waals surface area contributed by atoms with Gasteiger partial charge in [-0.2, -0.15) is 5.10 Å². The highest BCUT2D eigenvalue weighted by atomic mass is 79.9. The molecule has 2 unspecified atom stereocenters. The number of halogens is 1. The van der Waals surface area contributed by atoms with Crippen molar-refractivity contribution in [2.75, 3.05) is 5.32 Å². The lowest BCUT2D eigenvalue weighted by atomic mass is 10.1. The molecule has 1 aromatic carbocycles. The second-order valence-corrected chi connectivity index (χ2v) is 6.20. The van der Waals surface area contributed by atoms with Crippen LogP contribution < -0.4 is 10.9 Å². The lowest BCUT2D eigenvalue weighted by molar-refractivity contribution is 0.566. The van der Waals surface area contributed by atoms with Gasteiger partial charge in [0.05, 0.1) is 11.9 Å². The van der Waals surface area contributed by atoms with E-state index < -0.39 is 0 Å². The van der Waals surface area contributed by atoms with E-state index in [2.05, 4.69) is 50.6 Å². The predicted molar refractivity (Wildman–Crippen MR) is 87.7 cm³/mol. The van der Waals surface area contributed by atoms with Crippen molar-refractivity contribution < 1.29 is 0 Å². The fraction of sp³-hybridized carbons (Fsp3) is 0.375. The van der Waals surface area contributed by atoms with Crippen molar-refractivity contribution in [3.8, 4) is 0 Å². The van der Waals surface area contributed by atoms with Crippen molar-refractivity contribution in [2.24, 2.45) is 0 Å². The summed E-state index contributed by atoms with van der Waals surface area (Å²) in [5.41, 5.74) is 2.06. The van der Waals surface area contributed by atoms with Crippen LogP contribution in [0.2, 0.25) is 0 Å². The van der Waals surface area contributed by atoms with Crippen molar-refractivity contribution >= 4 is 21.6 Å². The maximum Gasteiger partial charge on any atom is 0.283 e. The van der Waals surface area contributed by atoms with Crippen LogP contribution in [0.1, 0.15) is 31.2 Å². The highest BCUT2D eigenvalue weighted by molar-refractivity contribution is 9.10. The Bertz CT molecular complexity index is 684. The third kappa shape index (κ3) is 3.02. The number of hydrogen-bond acceptors (Lipinski definition) is 3. The Morgan fingerprint density at radius 3 is 2.86 bits per heavy atom. The van der Waals surface area contributed by atoms with Gasteiger partial charge in [-0.25, -0.2) is 4.68 Å². The average molecular weight is 348 g/mol. The van der Waals surface area contributed by atoms with Gasteiger partial charge >= 0.3 is 0 Å². The first kappa shape index (κ1) is 14.3. The third-order valence-corrected chi connectivity index (χ3v) is 4.55. The zero-order valence-corrected chi connectivity index (χ0v) is 13.5. The number of aromatic nitrogens is 2. The van der Waals surface area contributed by atoms with Crippen LogP contribution in [0.4, 0.5) is 5.69 Å². The quantitative estimate of drug-likeness (QED) is 0.901. The van der Waals surface area contributed by atoms with Gasteiger partial charge in [0.2, 0.25) is 0 Å². The first-order chi connectivity index (χ1) is 10.2. The smallest absolute Gasteiger partial charge is 0.283 e. The Morgan fingerprint density at radius 2 is 2.14 bits per heavy atom. The standard InChI is InChI=1S/C16H18BrN3O/c1-2-8-20-16(21)15(17)14(10-18-20)19-13-9-12(13)11-6-4-3-5-7-11/h3-7,10,12-13,19H,2,8-9H2,1H3. The van der Waals surface area contributed by atoms with Gasteiger partial charge in [-0.1, -0.05) is 37.3 Å². The van der Waals surface area contributed by atoms with E-state index in [0.29, 0.717) is 23.0 Å². The van der Waals surface area contributed by atoms with Crippen LogP contribution in [0.3, 0.4) is 0 Å². The first-order valence-corrected chi connectivity index (χ1v) is 8.07. The molecule has 0 radical (unpaired) electrons. The van der Waals surface area contributed by atoms with Crippen LogP contribution in [-0.2, 0) is 6.54 Å². The molecule has 0 aliphatic heterocycles. The van der Waals surface area contributed by atoms with E-state index in [1.807, 2.05) is 13.0 Å². The van der Waals surface area contributed by atoms with Gasteiger partial charge in [0, 0.05) is 18.5 Å². The van der Waals surface area contributed by atoms with Crippen molar-refractivity contribution in [1.29, 1.82) is 0 Å². The molecule has 1 fully saturated rings. The summed E-state index contributed by atoms with van der Waals surface area (Å²) in [5, 5.41) is 7.64. The molecule has 1 aliphatic carbocycles. The van der Waals surface area contributed by atoms with E-state index in [0.717, 1.165) is 18.5 Å². The molecule has 2 atom stereocenters. The minimum absolute atomic E-state index is 0.0706. The zero-order chi connectivity index (χ0) is 14.8. The number of nitrogens with one attached hydrogen (secondary N) is 1. The molecule has 2 aromatic rings. The lowest BCUT2D eigenvalue weighted by Gasteiger charge is -2.10. The fourth-order valence-corrected chi connectivity index (χ4v) is 2.98. The van der Waals surface area contributed by atoms with Crippen molar-refractivity contribution in [1.82, 2.24) is 9.78 Å². The molecule has 21 heavy (non-hydrogen) atoms. The number of hydrogen-bond donors (Lipinski definition) is 1. The van der Waals surface area contributed by atoms with Crippen molar-refractivity contribution in [2.45, 2.75) is 38.3 Å². The molecular weight excluding hydrogens is 330 g/mol. The molecule has 3 rings (SSSR count). The summed E-state index contributed by atoms with van der Waals surface area (Å²) in [7, 11) is 0. The number of benzene rings is 1. The van der Waals surface area contributed by atoms with E-state index in [4.69, 9.17) is 0 Å². The lowest BCUT2D eigenvalue weighted by Crippen LogP contribution is -2.24. The summed E-state index contributed by atoms with van der Waals surface area (Å²) in [6.07, 6.45) is 3.72. The number of rotatable bonds is 5. The average Bonchev–Trinajstić information content (AvgIpc) is 3.27. The summed E-state index contributed by atoms with van der Waals surface area (Å²) in [6, 6.07) is 10.8. The van der Waals surface area contributed by atoms with Crippen molar-refractivity contribution in [3.63, 3.8) is 0 Å². The van der Waals surface area contributed by atoms with E-state index in [-0.39, 0.29) is 5.56 Å². The number of aryl methyl sites for hydroxylation is 1. The summed E-state index contributed by atoms with van der Waals surface area (Å²) in [4.78, 5) is 12.1. The second kappa shape index (κ2) is 6.02. The molecule has 0 bridgehead atoms.